The topological polar surface area (TPSA) is 37.9 Å². The van der Waals surface area contributed by atoms with Gasteiger partial charge in [0.05, 0.1) is 16.8 Å². The monoisotopic (exact) mass is 358 g/mol. The fraction of sp³-hybridized carbons (Fsp3) is 0.231. The molecule has 0 amide bonds. The smallest absolute Gasteiger partial charge is 0.144 e. The average molecular weight is 360 g/mol. The summed E-state index contributed by atoms with van der Waals surface area (Å²) in [5.41, 5.74) is 1.89. The van der Waals surface area contributed by atoms with E-state index in [2.05, 4.69) is 25.9 Å². The Morgan fingerprint density at radius 2 is 2.16 bits per heavy atom. The maximum Gasteiger partial charge on any atom is 0.144 e. The zero-order valence-corrected chi connectivity index (χ0v) is 13.4. The molecule has 0 atom stereocenters. The van der Waals surface area contributed by atoms with Gasteiger partial charge < -0.3 is 9.72 Å². The number of benzene rings is 1. The maximum atomic E-state index is 6.14. The van der Waals surface area contributed by atoms with E-state index in [1.807, 2.05) is 24.3 Å². The van der Waals surface area contributed by atoms with Crippen molar-refractivity contribution < 1.29 is 4.74 Å². The third kappa shape index (κ3) is 3.63. The van der Waals surface area contributed by atoms with Crippen molar-refractivity contribution in [3.8, 4) is 0 Å². The van der Waals surface area contributed by atoms with E-state index in [9.17, 15) is 0 Å². The van der Waals surface area contributed by atoms with Gasteiger partial charge in [0.25, 0.3) is 0 Å². The quantitative estimate of drug-likeness (QED) is 0.827. The van der Waals surface area contributed by atoms with Gasteiger partial charge in [-0.25, -0.2) is 4.98 Å². The fourth-order valence-corrected chi connectivity index (χ4v) is 2.45. The third-order valence-electron chi connectivity index (χ3n) is 2.59. The Balaban J connectivity index is 2.36. The van der Waals surface area contributed by atoms with Gasteiger partial charge in [0.15, 0.2) is 0 Å². The highest BCUT2D eigenvalue weighted by Crippen LogP contribution is 2.20. The lowest BCUT2D eigenvalue weighted by atomic mass is 10.1. The molecule has 1 heterocycles. The highest BCUT2D eigenvalue weighted by atomic mass is 79.9. The van der Waals surface area contributed by atoms with Crippen LogP contribution in [0.4, 0.5) is 0 Å². The molecule has 0 spiro atoms. The van der Waals surface area contributed by atoms with Crippen molar-refractivity contribution in [1.82, 2.24) is 9.97 Å². The molecule has 1 aromatic heterocycles. The van der Waals surface area contributed by atoms with E-state index >= 15 is 0 Å². The number of hydrogen-bond acceptors (Lipinski definition) is 3. The van der Waals surface area contributed by atoms with Gasteiger partial charge >= 0.3 is 0 Å². The summed E-state index contributed by atoms with van der Waals surface area (Å²) in [7, 11) is 1.64. The van der Waals surface area contributed by atoms with E-state index in [0.29, 0.717) is 17.7 Å². The normalized spacial score (nSPS) is 10.7. The molecule has 0 bridgehead atoms. The number of methoxy groups -OCH3 is 1. The van der Waals surface area contributed by atoms with E-state index in [4.69, 9.17) is 28.6 Å². The summed E-state index contributed by atoms with van der Waals surface area (Å²) in [6.07, 6.45) is 0.604. The summed E-state index contributed by atoms with van der Waals surface area (Å²) in [5, 5.41) is 0.722. The van der Waals surface area contributed by atoms with Crippen molar-refractivity contribution in [3.05, 3.63) is 55.5 Å². The molecule has 0 saturated heterocycles. The number of rotatable bonds is 4. The van der Waals surface area contributed by atoms with Gasteiger partial charge in [-0.1, -0.05) is 42.0 Å². The van der Waals surface area contributed by atoms with Crippen LogP contribution < -0.4 is 0 Å². The summed E-state index contributed by atoms with van der Waals surface area (Å²) < 4.78 is 6.42. The fourth-order valence-electron chi connectivity index (χ4n) is 1.71. The molecule has 0 fully saturated rings. The number of nitrogens with one attached hydrogen (secondary N) is 1. The minimum absolute atomic E-state index is 0.447. The van der Waals surface area contributed by atoms with Crippen LogP contribution in [0.1, 0.15) is 17.1 Å². The van der Waals surface area contributed by atoms with Crippen molar-refractivity contribution in [3.63, 3.8) is 0 Å². The van der Waals surface area contributed by atoms with Gasteiger partial charge in [0.2, 0.25) is 0 Å². The van der Waals surface area contributed by atoms with E-state index in [0.717, 1.165) is 26.6 Å². The summed E-state index contributed by atoms with van der Waals surface area (Å²) in [6, 6.07) is 7.68. The van der Waals surface area contributed by atoms with Crippen molar-refractivity contribution in [2.75, 3.05) is 7.11 Å². The number of hydrogen-bond donors (Lipinski definition) is 1. The largest absolute Gasteiger partial charge is 0.378 e. The Kier molecular flexibility index (Phi) is 5.10. The van der Waals surface area contributed by atoms with Gasteiger partial charge in [-0.15, -0.1) is 0 Å². The molecule has 0 aliphatic heterocycles. The first kappa shape index (κ1) is 14.7. The second-order valence-corrected chi connectivity index (χ2v) is 5.57. The van der Waals surface area contributed by atoms with E-state index in [1.54, 1.807) is 7.11 Å². The first-order chi connectivity index (χ1) is 9.11. The van der Waals surface area contributed by atoms with Crippen LogP contribution in [0, 0.1) is 4.64 Å². The maximum absolute atomic E-state index is 6.14. The molecule has 1 aromatic carbocycles. The number of aromatic nitrogens is 2. The molecule has 0 radical (unpaired) electrons. The number of nitrogens with zero attached hydrogens (tertiary/aromatic N) is 1. The summed E-state index contributed by atoms with van der Waals surface area (Å²) in [5.74, 6) is 0.772. The van der Waals surface area contributed by atoms with Gasteiger partial charge in [-0.05, 0) is 27.6 Å². The average Bonchev–Trinajstić information content (AvgIpc) is 2.38. The van der Waals surface area contributed by atoms with Crippen molar-refractivity contribution in [2.24, 2.45) is 0 Å². The van der Waals surface area contributed by atoms with Crippen LogP contribution in [0.3, 0.4) is 0 Å². The SMILES string of the molecule is COCc1[nH]c(Cc2ccccc2Cl)nc(=S)c1Br. The van der Waals surface area contributed by atoms with Gasteiger partial charge in [-0.2, -0.15) is 0 Å². The molecule has 100 valence electrons. The molecule has 0 saturated carbocycles. The number of ether oxygens (including phenoxy) is 1. The van der Waals surface area contributed by atoms with Gasteiger partial charge in [-0.3, -0.25) is 0 Å². The van der Waals surface area contributed by atoms with Gasteiger partial charge in [0, 0.05) is 18.6 Å². The Morgan fingerprint density at radius 3 is 2.84 bits per heavy atom. The lowest BCUT2D eigenvalue weighted by Gasteiger charge is -2.08. The number of H-pyrrole nitrogens is 1. The third-order valence-corrected chi connectivity index (χ3v) is 4.37. The predicted octanol–water partition coefficient (Wildman–Crippen LogP) is 4.29. The lowest BCUT2D eigenvalue weighted by molar-refractivity contribution is 0.180. The molecule has 3 nitrogen and oxygen atoms in total. The summed E-state index contributed by atoms with van der Waals surface area (Å²) >= 11 is 14.8. The van der Waals surface area contributed by atoms with Crippen LogP contribution >= 0.6 is 39.7 Å². The highest BCUT2D eigenvalue weighted by molar-refractivity contribution is 9.10. The van der Waals surface area contributed by atoms with Gasteiger partial charge in [0.1, 0.15) is 10.5 Å². The summed E-state index contributed by atoms with van der Waals surface area (Å²) in [6.45, 7) is 0.447. The van der Waals surface area contributed by atoms with E-state index < -0.39 is 0 Å². The zero-order valence-electron chi connectivity index (χ0n) is 10.2. The molecule has 2 rings (SSSR count). The second kappa shape index (κ2) is 6.61. The zero-order chi connectivity index (χ0) is 13.8. The molecule has 19 heavy (non-hydrogen) atoms. The highest BCUT2D eigenvalue weighted by Gasteiger charge is 2.08. The molecular formula is C13H12BrClN2OS. The summed E-state index contributed by atoms with van der Waals surface area (Å²) in [4.78, 5) is 7.57. The Bertz CT molecular complexity index is 645. The molecule has 0 aliphatic rings. The van der Waals surface area contributed by atoms with Crippen molar-refractivity contribution in [2.45, 2.75) is 13.0 Å². The van der Waals surface area contributed by atoms with Crippen LogP contribution in [0.2, 0.25) is 5.02 Å². The molecule has 1 N–H and O–H groups in total. The first-order valence-electron chi connectivity index (χ1n) is 5.61. The second-order valence-electron chi connectivity index (χ2n) is 3.98. The lowest BCUT2D eigenvalue weighted by Crippen LogP contribution is -2.04. The van der Waals surface area contributed by atoms with Crippen LogP contribution in [0.5, 0.6) is 0 Å². The van der Waals surface area contributed by atoms with E-state index in [1.165, 1.54) is 0 Å². The molecular weight excluding hydrogens is 348 g/mol. The first-order valence-corrected chi connectivity index (χ1v) is 7.19. The minimum atomic E-state index is 0.447. The molecule has 6 heteroatoms. The van der Waals surface area contributed by atoms with Crippen LogP contribution in [0.25, 0.3) is 0 Å². The van der Waals surface area contributed by atoms with Crippen LogP contribution in [0.15, 0.2) is 28.7 Å². The number of aromatic amines is 1. The Morgan fingerprint density at radius 1 is 1.42 bits per heavy atom. The molecule has 0 aliphatic carbocycles. The van der Waals surface area contributed by atoms with Crippen molar-refractivity contribution >= 4 is 39.7 Å². The molecule has 2 aromatic rings. The Hall–Kier alpha value is -0.750. The standard InChI is InChI=1S/C13H12BrClN2OS/c1-18-7-10-12(14)13(19)17-11(16-10)6-8-4-2-3-5-9(8)15/h2-5H,6-7H2,1H3,(H,16,17,19). The van der Waals surface area contributed by atoms with E-state index in [-0.39, 0.29) is 0 Å². The molecule has 0 unspecified atom stereocenters. The predicted molar refractivity (Wildman–Crippen MR) is 82.1 cm³/mol. The minimum Gasteiger partial charge on any atom is -0.378 e. The number of halogens is 2. The van der Waals surface area contributed by atoms with Crippen molar-refractivity contribution in [1.29, 1.82) is 0 Å². The Labute approximate surface area is 130 Å². The van der Waals surface area contributed by atoms with Crippen LogP contribution in [-0.2, 0) is 17.8 Å². The van der Waals surface area contributed by atoms with Crippen LogP contribution in [-0.4, -0.2) is 17.1 Å².